The first kappa shape index (κ1) is 12.8. The molecule has 5 heteroatoms. The Morgan fingerprint density at radius 3 is 2.95 bits per heavy atom. The number of hydrogen-bond acceptors (Lipinski definition) is 3. The van der Waals surface area contributed by atoms with Gasteiger partial charge in [0.05, 0.1) is 16.9 Å². The maximum atomic E-state index is 10.4. The molecule has 2 heterocycles. The summed E-state index contributed by atoms with van der Waals surface area (Å²) in [6.07, 6.45) is 1.85. The number of halogens is 1. The van der Waals surface area contributed by atoms with Gasteiger partial charge in [0.15, 0.2) is 6.10 Å². The van der Waals surface area contributed by atoms with Crippen LogP contribution in [-0.4, -0.2) is 14.9 Å². The third kappa shape index (κ3) is 2.19. The molecule has 0 amide bonds. The summed E-state index contributed by atoms with van der Waals surface area (Å²) in [6.45, 7) is 4.82. The molecule has 19 heavy (non-hydrogen) atoms. The zero-order valence-corrected chi connectivity index (χ0v) is 11.8. The van der Waals surface area contributed by atoms with E-state index in [0.717, 1.165) is 12.2 Å². The highest BCUT2D eigenvalue weighted by molar-refractivity contribution is 6.31. The molecule has 1 N–H and O–H groups in total. The van der Waals surface area contributed by atoms with Gasteiger partial charge >= 0.3 is 0 Å². The van der Waals surface area contributed by atoms with Gasteiger partial charge in [0.1, 0.15) is 11.5 Å². The first-order valence-electron chi connectivity index (χ1n) is 6.60. The lowest BCUT2D eigenvalue weighted by molar-refractivity contribution is 0.176. The van der Waals surface area contributed by atoms with Crippen molar-refractivity contribution in [3.63, 3.8) is 0 Å². The van der Waals surface area contributed by atoms with Crippen LogP contribution in [-0.2, 0) is 6.54 Å². The summed E-state index contributed by atoms with van der Waals surface area (Å²) in [7, 11) is 0. The fourth-order valence-electron chi connectivity index (χ4n) is 2.46. The Labute approximate surface area is 117 Å². The Bertz CT molecular complexity index is 590. The normalized spacial score (nSPS) is 23.6. The number of rotatable bonds is 4. The van der Waals surface area contributed by atoms with E-state index in [4.69, 9.17) is 16.0 Å². The minimum Gasteiger partial charge on any atom is -0.463 e. The highest BCUT2D eigenvalue weighted by Crippen LogP contribution is 2.48. The summed E-state index contributed by atoms with van der Waals surface area (Å²) in [5.41, 5.74) is 0.592. The van der Waals surface area contributed by atoms with Crippen molar-refractivity contribution in [3.8, 4) is 0 Å². The first-order chi connectivity index (χ1) is 9.11. The van der Waals surface area contributed by atoms with E-state index in [1.807, 2.05) is 19.1 Å². The van der Waals surface area contributed by atoms with Crippen LogP contribution in [0.5, 0.6) is 0 Å². The Morgan fingerprint density at radius 2 is 2.32 bits per heavy atom. The van der Waals surface area contributed by atoms with E-state index in [-0.39, 0.29) is 0 Å². The summed E-state index contributed by atoms with van der Waals surface area (Å²) >= 11 is 6.09. The summed E-state index contributed by atoms with van der Waals surface area (Å²) in [4.78, 5) is 0. The van der Waals surface area contributed by atoms with E-state index < -0.39 is 6.10 Å². The number of nitrogens with zero attached hydrogens (tertiary/aromatic N) is 2. The molecule has 1 saturated carbocycles. The third-order valence-electron chi connectivity index (χ3n) is 3.78. The zero-order valence-electron chi connectivity index (χ0n) is 11.0. The monoisotopic (exact) mass is 280 g/mol. The molecule has 0 spiro atoms. The maximum absolute atomic E-state index is 10.4. The molecule has 1 aliphatic rings. The second kappa shape index (κ2) is 4.69. The van der Waals surface area contributed by atoms with Crippen molar-refractivity contribution in [1.82, 2.24) is 9.78 Å². The third-order valence-corrected chi connectivity index (χ3v) is 4.07. The van der Waals surface area contributed by atoms with E-state index in [0.29, 0.717) is 34.9 Å². The van der Waals surface area contributed by atoms with Crippen LogP contribution in [0.1, 0.15) is 49.5 Å². The lowest BCUT2D eigenvalue weighted by atomic mass is 10.2. The average Bonchev–Trinajstić information content (AvgIpc) is 2.83. The van der Waals surface area contributed by atoms with Gasteiger partial charge in [-0.1, -0.05) is 18.5 Å². The van der Waals surface area contributed by atoms with Crippen molar-refractivity contribution in [2.24, 2.45) is 5.92 Å². The molecule has 0 radical (unpaired) electrons. The van der Waals surface area contributed by atoms with Gasteiger partial charge in [-0.05, 0) is 31.4 Å². The minimum atomic E-state index is -0.863. The molecule has 0 aromatic carbocycles. The van der Waals surface area contributed by atoms with E-state index in [1.165, 1.54) is 0 Å². The minimum absolute atomic E-state index is 0.465. The molecule has 102 valence electrons. The molecule has 1 aliphatic carbocycles. The smallest absolute Gasteiger partial charge is 0.155 e. The van der Waals surface area contributed by atoms with Crippen LogP contribution in [0.2, 0.25) is 5.02 Å². The predicted molar refractivity (Wildman–Crippen MR) is 72.2 cm³/mol. The molecule has 0 aliphatic heterocycles. The number of aliphatic hydroxyl groups is 1. The number of aromatic nitrogens is 2. The highest BCUT2D eigenvalue weighted by atomic mass is 35.5. The van der Waals surface area contributed by atoms with Gasteiger partial charge in [0.25, 0.3) is 0 Å². The van der Waals surface area contributed by atoms with E-state index in [9.17, 15) is 5.11 Å². The average molecular weight is 281 g/mol. The molecule has 4 nitrogen and oxygen atoms in total. The number of aliphatic hydroxyl groups excluding tert-OH is 1. The topological polar surface area (TPSA) is 51.2 Å². The molecule has 0 saturated heterocycles. The van der Waals surface area contributed by atoms with Crippen LogP contribution in [0, 0.1) is 5.92 Å². The van der Waals surface area contributed by atoms with E-state index in [1.54, 1.807) is 10.9 Å². The lowest BCUT2D eigenvalue weighted by Gasteiger charge is -2.10. The van der Waals surface area contributed by atoms with Crippen molar-refractivity contribution in [1.29, 1.82) is 0 Å². The van der Waals surface area contributed by atoms with E-state index in [2.05, 4.69) is 12.0 Å². The van der Waals surface area contributed by atoms with Crippen molar-refractivity contribution < 1.29 is 9.52 Å². The van der Waals surface area contributed by atoms with Crippen LogP contribution in [0.15, 0.2) is 22.7 Å². The highest BCUT2D eigenvalue weighted by Gasteiger charge is 2.37. The molecule has 3 rings (SSSR count). The number of furan rings is 1. The molecular weight excluding hydrogens is 264 g/mol. The summed E-state index contributed by atoms with van der Waals surface area (Å²) in [5.74, 6) is 2.68. The predicted octanol–water partition coefficient (Wildman–Crippen LogP) is 3.35. The summed E-state index contributed by atoms with van der Waals surface area (Å²) in [6, 6.07) is 3.78. The van der Waals surface area contributed by atoms with Crippen molar-refractivity contribution in [3.05, 3.63) is 40.6 Å². The second-order valence-electron chi connectivity index (χ2n) is 5.16. The van der Waals surface area contributed by atoms with Crippen molar-refractivity contribution >= 4 is 11.6 Å². The van der Waals surface area contributed by atoms with Gasteiger partial charge in [-0.15, -0.1) is 0 Å². The quantitative estimate of drug-likeness (QED) is 0.934. The Balaban J connectivity index is 1.88. The standard InChI is InChI=1S/C14H17ClN2O2/c1-3-17-13(10(15)7-16-17)14(18)12-5-4-11(19-12)9-6-8(9)2/h4-5,7-9,14,18H,3,6H2,1-2H3. The molecule has 1 fully saturated rings. The number of aryl methyl sites for hydroxylation is 1. The second-order valence-corrected chi connectivity index (χ2v) is 5.56. The Kier molecular flexibility index (Phi) is 3.15. The zero-order chi connectivity index (χ0) is 13.6. The largest absolute Gasteiger partial charge is 0.463 e. The van der Waals surface area contributed by atoms with Gasteiger partial charge in [-0.3, -0.25) is 4.68 Å². The van der Waals surface area contributed by atoms with Gasteiger partial charge < -0.3 is 9.52 Å². The first-order valence-corrected chi connectivity index (χ1v) is 6.98. The molecule has 3 atom stereocenters. The van der Waals surface area contributed by atoms with Crippen LogP contribution in [0.4, 0.5) is 0 Å². The fourth-order valence-corrected chi connectivity index (χ4v) is 2.71. The lowest BCUT2D eigenvalue weighted by Crippen LogP contribution is -2.09. The summed E-state index contributed by atoms with van der Waals surface area (Å²) in [5, 5.41) is 15.0. The van der Waals surface area contributed by atoms with Gasteiger partial charge in [0.2, 0.25) is 0 Å². The van der Waals surface area contributed by atoms with Crippen molar-refractivity contribution in [2.45, 2.75) is 38.8 Å². The fraction of sp³-hybridized carbons (Fsp3) is 0.500. The molecule has 2 aromatic heterocycles. The van der Waals surface area contributed by atoms with Gasteiger partial charge in [-0.2, -0.15) is 5.10 Å². The molecule has 3 unspecified atom stereocenters. The van der Waals surface area contributed by atoms with Crippen molar-refractivity contribution in [2.75, 3.05) is 0 Å². The summed E-state index contributed by atoms with van der Waals surface area (Å²) < 4.78 is 7.46. The Morgan fingerprint density at radius 1 is 1.58 bits per heavy atom. The number of hydrogen-bond donors (Lipinski definition) is 1. The molecule has 0 bridgehead atoms. The van der Waals surface area contributed by atoms with Gasteiger partial charge in [-0.25, -0.2) is 0 Å². The van der Waals surface area contributed by atoms with Crippen LogP contribution >= 0.6 is 11.6 Å². The van der Waals surface area contributed by atoms with Crippen LogP contribution < -0.4 is 0 Å². The Hall–Kier alpha value is -1.26. The van der Waals surface area contributed by atoms with Crippen LogP contribution in [0.3, 0.4) is 0 Å². The maximum Gasteiger partial charge on any atom is 0.155 e. The van der Waals surface area contributed by atoms with Crippen LogP contribution in [0.25, 0.3) is 0 Å². The van der Waals surface area contributed by atoms with E-state index >= 15 is 0 Å². The molecule has 2 aromatic rings. The molecular formula is C14H17ClN2O2. The SMILES string of the molecule is CCn1ncc(Cl)c1C(O)c1ccc(C2CC2C)o1. The van der Waals surface area contributed by atoms with Gasteiger partial charge in [0, 0.05) is 12.5 Å².